The Bertz CT molecular complexity index is 619. The molecule has 20 heavy (non-hydrogen) atoms. The highest BCUT2D eigenvalue weighted by molar-refractivity contribution is 8.63. The van der Waals surface area contributed by atoms with Crippen LogP contribution in [-0.2, 0) is 11.8 Å². The van der Waals surface area contributed by atoms with Gasteiger partial charge in [0.15, 0.2) is 0 Å². The second kappa shape index (κ2) is 6.62. The summed E-state index contributed by atoms with van der Waals surface area (Å²) in [7, 11) is 0. The maximum Gasteiger partial charge on any atom is 0.0834 e. The van der Waals surface area contributed by atoms with E-state index in [4.69, 9.17) is 16.3 Å². The zero-order chi connectivity index (χ0) is 14.6. The Morgan fingerprint density at radius 2 is 1.25 bits per heavy atom. The van der Waals surface area contributed by atoms with Gasteiger partial charge in [0.1, 0.15) is 0 Å². The Morgan fingerprint density at radius 1 is 0.850 bits per heavy atom. The first-order valence-corrected chi connectivity index (χ1v) is 13.6. The number of benzene rings is 2. The monoisotopic (exact) mass is 339 g/mol. The summed E-state index contributed by atoms with van der Waals surface area (Å²) in [4.78, 5) is 0. The van der Waals surface area contributed by atoms with Crippen LogP contribution in [0.2, 0.25) is 0 Å². The Hall–Kier alpha value is -0.330. The second-order valence-electron chi connectivity index (χ2n) is 4.81. The van der Waals surface area contributed by atoms with Gasteiger partial charge in [-0.15, -0.1) is 11.4 Å². The quantitative estimate of drug-likeness (QED) is 0.744. The van der Waals surface area contributed by atoms with Gasteiger partial charge in [-0.3, -0.25) is 4.52 Å². The third-order valence-corrected chi connectivity index (χ3v) is 12.2. The van der Waals surface area contributed by atoms with E-state index in [9.17, 15) is 0 Å². The molecule has 5 heteroatoms. The molecule has 0 bridgehead atoms. The molecule has 2 aromatic rings. The van der Waals surface area contributed by atoms with Crippen molar-refractivity contribution >= 4 is 46.2 Å². The Labute approximate surface area is 131 Å². The van der Waals surface area contributed by atoms with Crippen LogP contribution in [0.1, 0.15) is 0 Å². The lowest BCUT2D eigenvalue weighted by Gasteiger charge is -2.25. The highest BCUT2D eigenvalue weighted by atomic mass is 32.7. The fourth-order valence-corrected chi connectivity index (χ4v) is 13.2. The molecule has 0 aliphatic rings. The minimum Gasteiger partial charge on any atom is -0.252 e. The topological polar surface area (TPSA) is 12.4 Å². The third-order valence-electron chi connectivity index (χ3n) is 2.82. The van der Waals surface area contributed by atoms with Crippen LogP contribution in [0.3, 0.4) is 0 Å². The largest absolute Gasteiger partial charge is 0.252 e. The highest BCUT2D eigenvalue weighted by Gasteiger charge is 2.25. The molecular formula is C15H19NP2S2. The maximum absolute atomic E-state index is 5.66. The minimum atomic E-state index is -1.82. The van der Waals surface area contributed by atoms with Crippen molar-refractivity contribution in [3.05, 3.63) is 60.7 Å². The molecular weight excluding hydrogens is 320 g/mol. The molecule has 1 nitrogen and oxygen atoms in total. The zero-order valence-corrected chi connectivity index (χ0v) is 15.4. The van der Waals surface area contributed by atoms with Crippen LogP contribution < -0.4 is 10.6 Å². The van der Waals surface area contributed by atoms with Crippen LogP contribution in [0, 0.1) is 0 Å². The summed E-state index contributed by atoms with van der Waals surface area (Å²) in [5.41, 5.74) is 0. The van der Waals surface area contributed by atoms with Crippen molar-refractivity contribution in [1.29, 1.82) is 0 Å². The normalized spacial score (nSPS) is 12.2. The Morgan fingerprint density at radius 3 is 1.55 bits per heavy atom. The fraction of sp³-hybridized carbons (Fsp3) is 0.200. The summed E-state index contributed by atoms with van der Waals surface area (Å²) < 4.78 is 5.20. The van der Waals surface area contributed by atoms with E-state index in [0.717, 1.165) is 0 Å². The lowest BCUT2D eigenvalue weighted by Crippen LogP contribution is -2.13. The first-order chi connectivity index (χ1) is 9.48. The van der Waals surface area contributed by atoms with Gasteiger partial charge in [0, 0.05) is 10.6 Å². The van der Waals surface area contributed by atoms with Gasteiger partial charge >= 0.3 is 0 Å². The standard InChI is InChI=1S/C15H19NP2S2/c1-17(2,19)16-18(20-3,14-10-6-4-7-11-14)15-12-8-5-9-13-15/h4-13H,1-3H3. The lowest BCUT2D eigenvalue weighted by molar-refractivity contribution is 1.74. The van der Waals surface area contributed by atoms with E-state index in [1.54, 1.807) is 0 Å². The molecule has 106 valence electrons. The van der Waals surface area contributed by atoms with Crippen LogP contribution in [0.4, 0.5) is 0 Å². The summed E-state index contributed by atoms with van der Waals surface area (Å²) in [5.74, 6) is 0. The molecule has 0 aliphatic heterocycles. The number of rotatable bonds is 4. The minimum absolute atomic E-state index is 1.30. The lowest BCUT2D eigenvalue weighted by atomic mass is 10.4. The van der Waals surface area contributed by atoms with Gasteiger partial charge in [0.2, 0.25) is 0 Å². The number of nitrogens with zero attached hydrogens (tertiary/aromatic N) is 1. The van der Waals surface area contributed by atoms with Gasteiger partial charge in [0.25, 0.3) is 0 Å². The summed E-state index contributed by atoms with van der Waals surface area (Å²) in [6, 6.07) is 21.2. The van der Waals surface area contributed by atoms with Crippen molar-refractivity contribution in [2.45, 2.75) is 0 Å². The van der Waals surface area contributed by atoms with Crippen molar-refractivity contribution < 1.29 is 0 Å². The molecule has 0 atom stereocenters. The molecule has 0 unspecified atom stereocenters. The predicted molar refractivity (Wildman–Crippen MR) is 101 cm³/mol. The van der Waals surface area contributed by atoms with Gasteiger partial charge in [-0.05, 0) is 19.6 Å². The molecule has 0 aromatic heterocycles. The van der Waals surface area contributed by atoms with E-state index < -0.39 is 12.4 Å². The summed E-state index contributed by atoms with van der Waals surface area (Å²) in [6.45, 7) is 4.22. The molecule has 0 spiro atoms. The molecule has 2 aromatic carbocycles. The first kappa shape index (κ1) is 16.0. The van der Waals surface area contributed by atoms with E-state index in [1.807, 2.05) is 11.4 Å². The van der Waals surface area contributed by atoms with Crippen LogP contribution in [-0.4, -0.2) is 19.6 Å². The molecule has 0 radical (unpaired) electrons. The van der Waals surface area contributed by atoms with E-state index in [2.05, 4.69) is 80.2 Å². The summed E-state index contributed by atoms with van der Waals surface area (Å²) in [6.07, 6.45) is -1.31. The van der Waals surface area contributed by atoms with Crippen LogP contribution in [0.15, 0.2) is 65.2 Å². The number of hydrogen-bond donors (Lipinski definition) is 0. The predicted octanol–water partition coefficient (Wildman–Crippen LogP) is 4.77. The molecule has 2 rings (SSSR count). The third kappa shape index (κ3) is 3.65. The van der Waals surface area contributed by atoms with E-state index in [-0.39, 0.29) is 0 Å². The second-order valence-corrected chi connectivity index (χ2v) is 16.0. The molecule has 0 N–H and O–H groups in total. The molecule has 0 amide bonds. The molecule has 0 saturated carbocycles. The van der Waals surface area contributed by atoms with Crippen molar-refractivity contribution in [3.8, 4) is 0 Å². The van der Waals surface area contributed by atoms with E-state index >= 15 is 0 Å². The van der Waals surface area contributed by atoms with Crippen LogP contribution in [0.5, 0.6) is 0 Å². The molecule has 0 saturated heterocycles. The van der Waals surface area contributed by atoms with Crippen molar-refractivity contribution in [2.75, 3.05) is 19.6 Å². The Balaban J connectivity index is 2.79. The smallest absolute Gasteiger partial charge is 0.0834 e. The van der Waals surface area contributed by atoms with Crippen molar-refractivity contribution in [3.63, 3.8) is 0 Å². The molecule has 0 aliphatic carbocycles. The SMILES string of the molecule is CSP(=NP(C)(C)=S)(c1ccccc1)c1ccccc1. The maximum atomic E-state index is 5.66. The van der Waals surface area contributed by atoms with Gasteiger partial charge in [-0.25, -0.2) is 0 Å². The van der Waals surface area contributed by atoms with Gasteiger partial charge < -0.3 is 0 Å². The van der Waals surface area contributed by atoms with Gasteiger partial charge in [-0.1, -0.05) is 72.5 Å². The van der Waals surface area contributed by atoms with Crippen LogP contribution >= 0.6 is 23.8 Å². The van der Waals surface area contributed by atoms with Crippen molar-refractivity contribution in [2.24, 2.45) is 4.52 Å². The fourth-order valence-electron chi connectivity index (χ4n) is 2.06. The average molecular weight is 339 g/mol. The number of hydrogen-bond acceptors (Lipinski definition) is 2. The van der Waals surface area contributed by atoms with E-state index in [1.165, 1.54) is 10.6 Å². The Kier molecular flexibility index (Phi) is 5.31. The zero-order valence-electron chi connectivity index (χ0n) is 11.9. The first-order valence-electron chi connectivity index (χ1n) is 6.34. The average Bonchev–Trinajstić information content (AvgIpc) is 2.46. The van der Waals surface area contributed by atoms with Gasteiger partial charge in [0.05, 0.1) is 12.4 Å². The van der Waals surface area contributed by atoms with Gasteiger partial charge in [-0.2, -0.15) is 0 Å². The van der Waals surface area contributed by atoms with E-state index in [0.29, 0.717) is 0 Å². The van der Waals surface area contributed by atoms with Crippen molar-refractivity contribution in [1.82, 2.24) is 0 Å². The molecule has 0 heterocycles. The van der Waals surface area contributed by atoms with Crippen LogP contribution in [0.25, 0.3) is 0 Å². The summed E-state index contributed by atoms with van der Waals surface area (Å²) >= 11 is 7.51. The molecule has 0 fully saturated rings. The highest BCUT2D eigenvalue weighted by Crippen LogP contribution is 2.64. The summed E-state index contributed by atoms with van der Waals surface area (Å²) in [5, 5.41) is 2.60.